The molecule has 0 amide bonds. The van der Waals surface area contributed by atoms with Gasteiger partial charge in [-0.15, -0.1) is 0 Å². The molecule has 0 aliphatic carbocycles. The lowest BCUT2D eigenvalue weighted by molar-refractivity contribution is 0.620. The number of nitrogens with zero attached hydrogens (tertiary/aromatic N) is 2. The van der Waals surface area contributed by atoms with Crippen molar-refractivity contribution in [2.45, 2.75) is 13.5 Å². The van der Waals surface area contributed by atoms with E-state index in [4.69, 9.17) is 12.2 Å². The Morgan fingerprint density at radius 3 is 3.00 bits per heavy atom. The van der Waals surface area contributed by atoms with E-state index in [1.165, 1.54) is 0 Å². The Labute approximate surface area is 105 Å². The van der Waals surface area contributed by atoms with Crippen LogP contribution in [0.2, 0.25) is 0 Å². The quantitative estimate of drug-likeness (QED) is 0.861. The third kappa shape index (κ3) is 1.82. The lowest BCUT2D eigenvalue weighted by Crippen LogP contribution is -1.99. The predicted octanol–water partition coefficient (Wildman–Crippen LogP) is 3.53. The number of hydrogen-bond donors (Lipinski definition) is 1. The van der Waals surface area contributed by atoms with Gasteiger partial charge < -0.3 is 4.57 Å². The van der Waals surface area contributed by atoms with Crippen LogP contribution in [0.25, 0.3) is 11.4 Å². The van der Waals surface area contributed by atoms with Gasteiger partial charge in [-0.25, -0.2) is 4.39 Å². The highest BCUT2D eigenvalue weighted by molar-refractivity contribution is 9.10. The molecule has 1 N–H and O–H groups in total. The maximum absolute atomic E-state index is 13.9. The Morgan fingerprint density at radius 2 is 2.31 bits per heavy atom. The molecule has 1 aromatic heterocycles. The van der Waals surface area contributed by atoms with Crippen molar-refractivity contribution in [3.63, 3.8) is 0 Å². The SMILES string of the molecule is CCn1c(-c2cccc(Br)c2F)n[nH]c1=S. The first-order valence-corrected chi connectivity index (χ1v) is 5.95. The first kappa shape index (κ1) is 11.5. The maximum Gasteiger partial charge on any atom is 0.195 e. The molecule has 0 aliphatic heterocycles. The highest BCUT2D eigenvalue weighted by atomic mass is 79.9. The Hall–Kier alpha value is -1.01. The Balaban J connectivity index is 2.68. The molecule has 0 bridgehead atoms. The molecular formula is C10H9BrFN3S. The fourth-order valence-corrected chi connectivity index (χ4v) is 2.12. The van der Waals surface area contributed by atoms with Gasteiger partial charge in [-0.2, -0.15) is 5.10 Å². The van der Waals surface area contributed by atoms with E-state index in [1.807, 2.05) is 6.92 Å². The number of H-pyrrole nitrogens is 1. The van der Waals surface area contributed by atoms with Crippen LogP contribution in [-0.4, -0.2) is 14.8 Å². The lowest BCUT2D eigenvalue weighted by atomic mass is 10.2. The first-order chi connectivity index (χ1) is 7.65. The van der Waals surface area contributed by atoms with Crippen molar-refractivity contribution in [2.75, 3.05) is 0 Å². The van der Waals surface area contributed by atoms with E-state index in [1.54, 1.807) is 22.8 Å². The Bertz CT molecular complexity index is 576. The fourth-order valence-electron chi connectivity index (χ4n) is 1.49. The smallest absolute Gasteiger partial charge is 0.195 e. The van der Waals surface area contributed by atoms with Crippen LogP contribution in [0.3, 0.4) is 0 Å². The topological polar surface area (TPSA) is 33.6 Å². The molecule has 0 radical (unpaired) electrons. The van der Waals surface area contributed by atoms with Gasteiger partial charge in [-0.3, -0.25) is 5.10 Å². The van der Waals surface area contributed by atoms with E-state index < -0.39 is 0 Å². The second-order valence-electron chi connectivity index (χ2n) is 3.20. The van der Waals surface area contributed by atoms with Crippen molar-refractivity contribution in [2.24, 2.45) is 0 Å². The summed E-state index contributed by atoms with van der Waals surface area (Å²) in [6.07, 6.45) is 0. The Morgan fingerprint density at radius 1 is 1.56 bits per heavy atom. The number of halogens is 2. The zero-order valence-corrected chi connectivity index (χ0v) is 10.9. The molecule has 0 fully saturated rings. The van der Waals surface area contributed by atoms with Crippen LogP contribution in [0, 0.1) is 10.6 Å². The summed E-state index contributed by atoms with van der Waals surface area (Å²) in [7, 11) is 0. The van der Waals surface area contributed by atoms with E-state index in [9.17, 15) is 4.39 Å². The number of nitrogens with one attached hydrogen (secondary N) is 1. The van der Waals surface area contributed by atoms with Gasteiger partial charge in [0.15, 0.2) is 10.6 Å². The minimum absolute atomic E-state index is 0.328. The summed E-state index contributed by atoms with van der Waals surface area (Å²) in [6, 6.07) is 5.09. The van der Waals surface area contributed by atoms with Gasteiger partial charge in [-0.05, 0) is 47.2 Å². The molecule has 0 atom stereocenters. The molecule has 84 valence electrons. The molecule has 16 heavy (non-hydrogen) atoms. The molecule has 2 rings (SSSR count). The highest BCUT2D eigenvalue weighted by Gasteiger charge is 2.13. The van der Waals surface area contributed by atoms with Gasteiger partial charge in [0.2, 0.25) is 0 Å². The predicted molar refractivity (Wildman–Crippen MR) is 66.2 cm³/mol. The van der Waals surface area contributed by atoms with Gasteiger partial charge in [0, 0.05) is 6.54 Å². The zero-order valence-electron chi connectivity index (χ0n) is 8.50. The first-order valence-electron chi connectivity index (χ1n) is 4.74. The maximum atomic E-state index is 13.9. The Kier molecular flexibility index (Phi) is 3.20. The van der Waals surface area contributed by atoms with Gasteiger partial charge in [-0.1, -0.05) is 6.07 Å². The number of aromatic amines is 1. The van der Waals surface area contributed by atoms with Crippen LogP contribution in [0.4, 0.5) is 4.39 Å². The van der Waals surface area contributed by atoms with E-state index >= 15 is 0 Å². The molecule has 0 spiro atoms. The van der Waals surface area contributed by atoms with Crippen molar-refractivity contribution >= 4 is 28.1 Å². The molecule has 0 aliphatic rings. The zero-order chi connectivity index (χ0) is 11.7. The van der Waals surface area contributed by atoms with E-state index in [-0.39, 0.29) is 5.82 Å². The third-order valence-electron chi connectivity index (χ3n) is 2.27. The van der Waals surface area contributed by atoms with Crippen LogP contribution >= 0.6 is 28.1 Å². The molecular weight excluding hydrogens is 293 g/mol. The monoisotopic (exact) mass is 301 g/mol. The van der Waals surface area contributed by atoms with Crippen molar-refractivity contribution in [1.29, 1.82) is 0 Å². The van der Waals surface area contributed by atoms with E-state index in [0.717, 1.165) is 0 Å². The second-order valence-corrected chi connectivity index (χ2v) is 4.44. The normalized spacial score (nSPS) is 10.7. The molecule has 0 saturated heterocycles. The summed E-state index contributed by atoms with van der Waals surface area (Å²) in [4.78, 5) is 0. The fraction of sp³-hybridized carbons (Fsp3) is 0.200. The molecule has 0 saturated carbocycles. The highest BCUT2D eigenvalue weighted by Crippen LogP contribution is 2.26. The third-order valence-corrected chi connectivity index (χ3v) is 3.19. The van der Waals surface area contributed by atoms with Crippen molar-refractivity contribution < 1.29 is 4.39 Å². The van der Waals surface area contributed by atoms with Crippen LogP contribution in [0.5, 0.6) is 0 Å². The summed E-state index contributed by atoms with van der Waals surface area (Å²) in [5, 5.41) is 6.71. The summed E-state index contributed by atoms with van der Waals surface area (Å²) < 4.78 is 16.5. The summed E-state index contributed by atoms with van der Waals surface area (Å²) in [5.41, 5.74) is 0.434. The average molecular weight is 302 g/mol. The number of benzene rings is 1. The molecule has 0 unspecified atom stereocenters. The number of aromatic nitrogens is 3. The number of rotatable bonds is 2. The largest absolute Gasteiger partial charge is 0.300 e. The van der Waals surface area contributed by atoms with Gasteiger partial charge in [0.25, 0.3) is 0 Å². The van der Waals surface area contributed by atoms with Gasteiger partial charge in [0.1, 0.15) is 5.82 Å². The molecule has 1 heterocycles. The minimum Gasteiger partial charge on any atom is -0.300 e. The van der Waals surface area contributed by atoms with Gasteiger partial charge in [0.05, 0.1) is 10.0 Å². The molecule has 1 aromatic carbocycles. The average Bonchev–Trinajstić information content (AvgIpc) is 2.63. The van der Waals surface area contributed by atoms with E-state index in [2.05, 4.69) is 26.1 Å². The standard InChI is InChI=1S/C10H9BrFN3S/c1-2-15-9(13-14-10(15)16)6-4-3-5-7(11)8(6)12/h3-5H,2H2,1H3,(H,14,16). The van der Waals surface area contributed by atoms with Crippen LogP contribution < -0.4 is 0 Å². The van der Waals surface area contributed by atoms with Crippen LogP contribution in [-0.2, 0) is 6.54 Å². The van der Waals surface area contributed by atoms with E-state index in [0.29, 0.717) is 27.2 Å². The molecule has 3 nitrogen and oxygen atoms in total. The molecule has 6 heteroatoms. The van der Waals surface area contributed by atoms with Gasteiger partial charge >= 0.3 is 0 Å². The summed E-state index contributed by atoms with van der Waals surface area (Å²) in [5.74, 6) is 0.192. The van der Waals surface area contributed by atoms with Crippen molar-refractivity contribution in [1.82, 2.24) is 14.8 Å². The summed E-state index contributed by atoms with van der Waals surface area (Å²) >= 11 is 8.21. The van der Waals surface area contributed by atoms with Crippen LogP contribution in [0.15, 0.2) is 22.7 Å². The molecule has 2 aromatic rings. The van der Waals surface area contributed by atoms with Crippen LogP contribution in [0.1, 0.15) is 6.92 Å². The van der Waals surface area contributed by atoms with Crippen molar-refractivity contribution in [3.8, 4) is 11.4 Å². The lowest BCUT2D eigenvalue weighted by Gasteiger charge is -2.05. The summed E-state index contributed by atoms with van der Waals surface area (Å²) in [6.45, 7) is 2.58. The number of hydrogen-bond acceptors (Lipinski definition) is 2. The second kappa shape index (κ2) is 4.47. The van der Waals surface area contributed by atoms with Crippen molar-refractivity contribution in [3.05, 3.63) is 33.3 Å². The minimum atomic E-state index is -0.328.